The lowest BCUT2D eigenvalue weighted by Crippen LogP contribution is -2.08. The number of methoxy groups -OCH3 is 1. The van der Waals surface area contributed by atoms with Crippen LogP contribution in [0.3, 0.4) is 0 Å². The van der Waals surface area contributed by atoms with Crippen LogP contribution in [-0.2, 0) is 9.53 Å². The molecule has 0 saturated heterocycles. The molecule has 1 atom stereocenters. The minimum atomic E-state index is -0.896. The van der Waals surface area contributed by atoms with Gasteiger partial charge in [0.1, 0.15) is 5.15 Å². The first kappa shape index (κ1) is 10.9. The first-order valence-corrected chi connectivity index (χ1v) is 4.37. The van der Waals surface area contributed by atoms with E-state index in [1.165, 1.54) is 13.3 Å². The molecule has 0 spiro atoms. The van der Waals surface area contributed by atoms with Crippen LogP contribution in [0.15, 0.2) is 18.3 Å². The molecule has 1 N–H and O–H groups in total. The average Bonchev–Trinajstić information content (AvgIpc) is 2.18. The zero-order chi connectivity index (χ0) is 10.6. The Hall–Kier alpha value is -1.13. The number of aromatic nitrogens is 1. The maximum absolute atomic E-state index is 10.8. The summed E-state index contributed by atoms with van der Waals surface area (Å²) < 4.78 is 4.42. The number of halogens is 1. The van der Waals surface area contributed by atoms with Gasteiger partial charge >= 0.3 is 5.97 Å². The monoisotopic (exact) mass is 215 g/mol. The van der Waals surface area contributed by atoms with Crippen LogP contribution in [0.2, 0.25) is 5.15 Å². The summed E-state index contributed by atoms with van der Waals surface area (Å²) in [6.07, 6.45) is 0.447. The van der Waals surface area contributed by atoms with Gasteiger partial charge in [0.05, 0.1) is 19.6 Å². The van der Waals surface area contributed by atoms with E-state index in [0.29, 0.717) is 10.7 Å². The summed E-state index contributed by atoms with van der Waals surface area (Å²) in [5.41, 5.74) is 0.541. The Kier molecular flexibility index (Phi) is 3.85. The minimum absolute atomic E-state index is 0.0835. The highest BCUT2D eigenvalue weighted by molar-refractivity contribution is 6.29. The minimum Gasteiger partial charge on any atom is -0.469 e. The van der Waals surface area contributed by atoms with Crippen molar-refractivity contribution >= 4 is 17.6 Å². The largest absolute Gasteiger partial charge is 0.469 e. The Labute approximate surface area is 86.5 Å². The summed E-state index contributed by atoms with van der Waals surface area (Å²) in [6.45, 7) is 0. The Morgan fingerprint density at radius 1 is 1.71 bits per heavy atom. The van der Waals surface area contributed by atoms with E-state index in [-0.39, 0.29) is 6.42 Å². The number of aliphatic hydroxyl groups excluding tert-OH is 1. The van der Waals surface area contributed by atoms with Crippen LogP contribution >= 0.6 is 11.6 Å². The molecule has 1 aromatic rings. The number of ether oxygens (including phenoxy) is 1. The van der Waals surface area contributed by atoms with E-state index in [0.717, 1.165) is 0 Å². The van der Waals surface area contributed by atoms with E-state index >= 15 is 0 Å². The lowest BCUT2D eigenvalue weighted by molar-refractivity contribution is -0.142. The molecule has 0 aliphatic rings. The van der Waals surface area contributed by atoms with Gasteiger partial charge in [-0.15, -0.1) is 0 Å². The zero-order valence-electron chi connectivity index (χ0n) is 7.61. The molecule has 0 amide bonds. The topological polar surface area (TPSA) is 59.4 Å². The van der Waals surface area contributed by atoms with Crippen molar-refractivity contribution in [3.8, 4) is 0 Å². The number of carbonyl (C=O) groups excluding carboxylic acids is 1. The number of hydrogen-bond acceptors (Lipinski definition) is 4. The number of pyridine rings is 1. The fraction of sp³-hybridized carbons (Fsp3) is 0.333. The molecule has 0 bridgehead atoms. The number of aliphatic hydroxyl groups is 1. The van der Waals surface area contributed by atoms with E-state index in [1.54, 1.807) is 12.1 Å². The molecule has 76 valence electrons. The van der Waals surface area contributed by atoms with Crippen LogP contribution in [0.4, 0.5) is 0 Å². The highest BCUT2D eigenvalue weighted by Crippen LogP contribution is 2.17. The maximum Gasteiger partial charge on any atom is 0.308 e. The molecular formula is C9H10ClNO3. The first-order valence-electron chi connectivity index (χ1n) is 4.00. The summed E-state index contributed by atoms with van der Waals surface area (Å²) >= 11 is 5.56. The standard InChI is InChI=1S/C9H10ClNO3/c1-14-9(13)4-7(12)6-2-3-8(10)11-5-6/h2-3,5,7,12H,4H2,1H3. The van der Waals surface area contributed by atoms with E-state index in [9.17, 15) is 9.90 Å². The van der Waals surface area contributed by atoms with Crippen LogP contribution in [-0.4, -0.2) is 23.2 Å². The fourth-order valence-electron chi connectivity index (χ4n) is 0.943. The molecule has 1 unspecified atom stereocenters. The summed E-state index contributed by atoms with van der Waals surface area (Å²) in [4.78, 5) is 14.6. The van der Waals surface area contributed by atoms with Gasteiger partial charge in [-0.1, -0.05) is 17.7 Å². The Morgan fingerprint density at radius 2 is 2.43 bits per heavy atom. The van der Waals surface area contributed by atoms with Crippen molar-refractivity contribution in [1.82, 2.24) is 4.98 Å². The smallest absolute Gasteiger partial charge is 0.308 e. The Balaban J connectivity index is 2.65. The number of hydrogen-bond donors (Lipinski definition) is 1. The lowest BCUT2D eigenvalue weighted by atomic mass is 10.1. The Morgan fingerprint density at radius 3 is 2.93 bits per heavy atom. The van der Waals surface area contributed by atoms with Gasteiger partial charge in [0.15, 0.2) is 0 Å². The van der Waals surface area contributed by atoms with Gasteiger partial charge < -0.3 is 9.84 Å². The van der Waals surface area contributed by atoms with Crippen molar-refractivity contribution in [1.29, 1.82) is 0 Å². The maximum atomic E-state index is 10.8. The summed E-state index contributed by atoms with van der Waals surface area (Å²) in [5.74, 6) is -0.465. The first-order chi connectivity index (χ1) is 6.63. The van der Waals surface area contributed by atoms with Crippen LogP contribution in [0.25, 0.3) is 0 Å². The molecule has 0 radical (unpaired) electrons. The van der Waals surface area contributed by atoms with Gasteiger partial charge in [0.2, 0.25) is 0 Å². The summed E-state index contributed by atoms with van der Waals surface area (Å²) in [5, 5.41) is 9.88. The molecular weight excluding hydrogens is 206 g/mol. The zero-order valence-corrected chi connectivity index (χ0v) is 8.36. The molecule has 1 aromatic heterocycles. The van der Waals surface area contributed by atoms with Crippen LogP contribution in [0.5, 0.6) is 0 Å². The summed E-state index contributed by atoms with van der Waals surface area (Å²) in [6, 6.07) is 3.17. The molecule has 1 rings (SSSR count). The predicted octanol–water partition coefficient (Wildman–Crippen LogP) is 1.33. The van der Waals surface area contributed by atoms with Crippen molar-refractivity contribution in [3.63, 3.8) is 0 Å². The normalized spacial score (nSPS) is 12.2. The lowest BCUT2D eigenvalue weighted by Gasteiger charge is -2.08. The van der Waals surface area contributed by atoms with Gasteiger partial charge in [-0.25, -0.2) is 4.98 Å². The van der Waals surface area contributed by atoms with E-state index in [1.807, 2.05) is 0 Å². The van der Waals surface area contributed by atoms with Gasteiger partial charge in [-0.3, -0.25) is 4.79 Å². The van der Waals surface area contributed by atoms with Crippen molar-refractivity contribution in [3.05, 3.63) is 29.0 Å². The second-order valence-corrected chi connectivity index (χ2v) is 3.10. The molecule has 0 fully saturated rings. The van der Waals surface area contributed by atoms with Crippen molar-refractivity contribution < 1.29 is 14.6 Å². The third-order valence-corrected chi connectivity index (χ3v) is 1.95. The van der Waals surface area contributed by atoms with Crippen molar-refractivity contribution in [2.24, 2.45) is 0 Å². The SMILES string of the molecule is COC(=O)CC(O)c1ccc(Cl)nc1. The molecule has 0 aromatic carbocycles. The highest BCUT2D eigenvalue weighted by atomic mass is 35.5. The summed E-state index contributed by atoms with van der Waals surface area (Å²) in [7, 11) is 1.27. The molecule has 4 nitrogen and oxygen atoms in total. The van der Waals surface area contributed by atoms with Gasteiger partial charge in [0, 0.05) is 6.20 Å². The third kappa shape index (κ3) is 2.97. The number of nitrogens with zero attached hydrogens (tertiary/aromatic N) is 1. The Bertz CT molecular complexity index is 312. The third-order valence-electron chi connectivity index (χ3n) is 1.72. The fourth-order valence-corrected chi connectivity index (χ4v) is 1.06. The van der Waals surface area contributed by atoms with Crippen LogP contribution < -0.4 is 0 Å². The average molecular weight is 216 g/mol. The van der Waals surface area contributed by atoms with E-state index in [2.05, 4.69) is 9.72 Å². The molecule has 0 aliphatic heterocycles. The van der Waals surface area contributed by atoms with Crippen molar-refractivity contribution in [2.75, 3.05) is 7.11 Å². The van der Waals surface area contributed by atoms with E-state index in [4.69, 9.17) is 11.6 Å². The van der Waals surface area contributed by atoms with Gasteiger partial charge in [-0.05, 0) is 11.6 Å². The van der Waals surface area contributed by atoms with E-state index < -0.39 is 12.1 Å². The van der Waals surface area contributed by atoms with Crippen LogP contribution in [0, 0.1) is 0 Å². The van der Waals surface area contributed by atoms with Gasteiger partial charge in [0.25, 0.3) is 0 Å². The van der Waals surface area contributed by atoms with Gasteiger partial charge in [-0.2, -0.15) is 0 Å². The molecule has 0 aliphatic carbocycles. The highest BCUT2D eigenvalue weighted by Gasteiger charge is 2.13. The molecule has 5 heteroatoms. The predicted molar refractivity (Wildman–Crippen MR) is 50.8 cm³/mol. The number of rotatable bonds is 3. The molecule has 14 heavy (non-hydrogen) atoms. The van der Waals surface area contributed by atoms with Crippen LogP contribution in [0.1, 0.15) is 18.1 Å². The molecule has 1 heterocycles. The quantitative estimate of drug-likeness (QED) is 0.611. The second kappa shape index (κ2) is 4.93. The number of carbonyl (C=O) groups is 1. The molecule has 0 saturated carbocycles. The van der Waals surface area contributed by atoms with Crippen molar-refractivity contribution in [2.45, 2.75) is 12.5 Å². The second-order valence-electron chi connectivity index (χ2n) is 2.71. The number of esters is 1.